The van der Waals surface area contributed by atoms with Gasteiger partial charge in [0.1, 0.15) is 0 Å². The van der Waals surface area contributed by atoms with Crippen LogP contribution in [0.25, 0.3) is 0 Å². The van der Waals surface area contributed by atoms with E-state index in [-0.39, 0.29) is 18.0 Å². The molecule has 0 saturated heterocycles. The van der Waals surface area contributed by atoms with Crippen molar-refractivity contribution < 1.29 is 14.3 Å². The normalized spacial score (nSPS) is 12.0. The van der Waals surface area contributed by atoms with Gasteiger partial charge in [0.05, 0.1) is 17.5 Å². The van der Waals surface area contributed by atoms with Crippen LogP contribution in [0.5, 0.6) is 0 Å². The molecule has 1 atom stereocenters. The van der Waals surface area contributed by atoms with Crippen LogP contribution >= 0.6 is 11.6 Å². The van der Waals surface area contributed by atoms with Crippen molar-refractivity contribution in [2.75, 3.05) is 6.61 Å². The van der Waals surface area contributed by atoms with Crippen molar-refractivity contribution >= 4 is 23.4 Å². The van der Waals surface area contributed by atoms with Gasteiger partial charge in [-0.2, -0.15) is 0 Å². The van der Waals surface area contributed by atoms with Crippen LogP contribution in [0.3, 0.4) is 0 Å². The van der Waals surface area contributed by atoms with Crippen LogP contribution in [0, 0.1) is 6.92 Å². The van der Waals surface area contributed by atoms with E-state index < -0.39 is 11.3 Å². The molecule has 1 aromatic carbocycles. The van der Waals surface area contributed by atoms with Gasteiger partial charge in [-0.15, -0.1) is 11.6 Å². The highest BCUT2D eigenvalue weighted by molar-refractivity contribution is 6.34. The molecule has 0 fully saturated rings. The first-order valence-corrected chi connectivity index (χ1v) is 5.87. The zero-order chi connectivity index (χ0) is 13.0. The lowest BCUT2D eigenvalue weighted by Gasteiger charge is -2.11. The molecule has 1 aromatic rings. The van der Waals surface area contributed by atoms with E-state index in [9.17, 15) is 9.59 Å². The van der Waals surface area contributed by atoms with E-state index in [1.165, 1.54) is 0 Å². The van der Waals surface area contributed by atoms with Crippen molar-refractivity contribution in [1.29, 1.82) is 0 Å². The number of alkyl halides is 1. The average molecular weight is 255 g/mol. The lowest BCUT2D eigenvalue weighted by Crippen LogP contribution is -2.18. The van der Waals surface area contributed by atoms with Crippen LogP contribution in [0.15, 0.2) is 18.2 Å². The van der Waals surface area contributed by atoms with Crippen LogP contribution in [-0.4, -0.2) is 23.7 Å². The predicted octanol–water partition coefficient (Wildman–Crippen LogP) is 2.98. The SMILES string of the molecule is CCOC(=O)c1cccc(C)c1C(=O)C(C)Cl. The second-order valence-electron chi connectivity index (χ2n) is 3.70. The molecule has 0 aliphatic carbocycles. The van der Waals surface area contributed by atoms with Crippen LogP contribution in [0.4, 0.5) is 0 Å². The van der Waals surface area contributed by atoms with Gasteiger partial charge in [0, 0.05) is 5.56 Å². The largest absolute Gasteiger partial charge is 0.462 e. The number of ketones is 1. The molecule has 0 aromatic heterocycles. The maximum absolute atomic E-state index is 12.0. The number of Topliss-reactive ketones (excluding diaryl/α,β-unsaturated/α-hetero) is 1. The number of hydrogen-bond donors (Lipinski definition) is 0. The Morgan fingerprint density at radius 2 is 2.06 bits per heavy atom. The molecule has 0 radical (unpaired) electrons. The van der Waals surface area contributed by atoms with Gasteiger partial charge >= 0.3 is 5.97 Å². The summed E-state index contributed by atoms with van der Waals surface area (Å²) in [4.78, 5) is 23.7. The smallest absolute Gasteiger partial charge is 0.338 e. The summed E-state index contributed by atoms with van der Waals surface area (Å²) in [5.74, 6) is -0.746. The van der Waals surface area contributed by atoms with Crippen LogP contribution < -0.4 is 0 Å². The highest BCUT2D eigenvalue weighted by Crippen LogP contribution is 2.19. The molecule has 0 spiro atoms. The van der Waals surface area contributed by atoms with Gasteiger partial charge in [-0.1, -0.05) is 12.1 Å². The maximum atomic E-state index is 12.0. The topological polar surface area (TPSA) is 43.4 Å². The number of halogens is 1. The average Bonchev–Trinajstić information content (AvgIpc) is 2.28. The molecule has 0 N–H and O–H groups in total. The monoisotopic (exact) mass is 254 g/mol. The number of rotatable bonds is 4. The van der Waals surface area contributed by atoms with Crippen LogP contribution in [0.1, 0.15) is 40.1 Å². The third-order valence-corrected chi connectivity index (χ3v) is 2.57. The van der Waals surface area contributed by atoms with E-state index in [0.29, 0.717) is 5.56 Å². The summed E-state index contributed by atoms with van der Waals surface area (Å²) in [5, 5.41) is -0.663. The quantitative estimate of drug-likeness (QED) is 0.471. The third kappa shape index (κ3) is 3.07. The summed E-state index contributed by atoms with van der Waals surface area (Å²) in [6.45, 7) is 5.36. The number of esters is 1. The Balaban J connectivity index is 3.26. The zero-order valence-electron chi connectivity index (χ0n) is 10.1. The molecule has 1 unspecified atom stereocenters. The first-order valence-electron chi connectivity index (χ1n) is 5.44. The highest BCUT2D eigenvalue weighted by Gasteiger charge is 2.22. The van der Waals surface area contributed by atoms with E-state index >= 15 is 0 Å². The molecule has 0 heterocycles. The van der Waals surface area contributed by atoms with Crippen molar-refractivity contribution in [2.45, 2.75) is 26.1 Å². The number of carbonyl (C=O) groups excluding carboxylic acids is 2. The molecule has 0 aliphatic heterocycles. The molecule has 3 nitrogen and oxygen atoms in total. The van der Waals surface area contributed by atoms with Gasteiger partial charge in [0.2, 0.25) is 0 Å². The second kappa shape index (κ2) is 5.82. The molecule has 0 amide bonds. The lowest BCUT2D eigenvalue weighted by molar-refractivity contribution is 0.0523. The minimum Gasteiger partial charge on any atom is -0.462 e. The Kier molecular flexibility index (Phi) is 4.70. The molecular formula is C13H15ClO3. The van der Waals surface area contributed by atoms with Gasteiger partial charge in [0.25, 0.3) is 0 Å². The fourth-order valence-corrected chi connectivity index (χ4v) is 1.68. The molecule has 1 rings (SSSR count). The van der Waals surface area contributed by atoms with Gasteiger partial charge in [-0.25, -0.2) is 4.79 Å². The van der Waals surface area contributed by atoms with E-state index in [2.05, 4.69) is 0 Å². The number of carbonyl (C=O) groups is 2. The minimum atomic E-state index is -0.663. The number of benzene rings is 1. The standard InChI is InChI=1S/C13H15ClO3/c1-4-17-13(16)10-7-5-6-8(2)11(10)12(15)9(3)14/h5-7,9H,4H2,1-3H3. The Bertz CT molecular complexity index is 438. The zero-order valence-corrected chi connectivity index (χ0v) is 10.9. The van der Waals surface area contributed by atoms with Gasteiger partial charge < -0.3 is 4.74 Å². The molecule has 17 heavy (non-hydrogen) atoms. The second-order valence-corrected chi connectivity index (χ2v) is 4.35. The number of hydrogen-bond acceptors (Lipinski definition) is 3. The summed E-state index contributed by atoms with van der Waals surface area (Å²) in [6.07, 6.45) is 0. The Hall–Kier alpha value is -1.35. The fourth-order valence-electron chi connectivity index (χ4n) is 1.57. The summed E-state index contributed by atoms with van der Waals surface area (Å²) in [5.41, 5.74) is 1.37. The summed E-state index contributed by atoms with van der Waals surface area (Å²) < 4.78 is 4.92. The van der Waals surface area contributed by atoms with E-state index in [4.69, 9.17) is 16.3 Å². The molecule has 4 heteroatoms. The van der Waals surface area contributed by atoms with Crippen molar-refractivity contribution in [2.24, 2.45) is 0 Å². The molecule has 0 aliphatic rings. The van der Waals surface area contributed by atoms with Crippen LogP contribution in [0.2, 0.25) is 0 Å². The highest BCUT2D eigenvalue weighted by atomic mass is 35.5. The number of ether oxygens (including phenoxy) is 1. The van der Waals surface area contributed by atoms with E-state index in [1.807, 2.05) is 0 Å². The summed E-state index contributed by atoms with van der Waals surface area (Å²) in [7, 11) is 0. The number of aryl methyl sites for hydroxylation is 1. The Labute approximate surface area is 106 Å². The summed E-state index contributed by atoms with van der Waals surface area (Å²) in [6, 6.07) is 5.07. The van der Waals surface area contributed by atoms with Gasteiger partial charge in [-0.05, 0) is 32.4 Å². The predicted molar refractivity (Wildman–Crippen MR) is 66.8 cm³/mol. The first-order chi connectivity index (χ1) is 7.99. The van der Waals surface area contributed by atoms with Gasteiger partial charge in [-0.3, -0.25) is 4.79 Å². The molecule has 0 bridgehead atoms. The minimum absolute atomic E-state index is 0.257. The first kappa shape index (κ1) is 13.7. The molecular weight excluding hydrogens is 240 g/mol. The van der Waals surface area contributed by atoms with Crippen molar-refractivity contribution in [3.05, 3.63) is 34.9 Å². The van der Waals surface area contributed by atoms with Crippen molar-refractivity contribution in [3.8, 4) is 0 Å². The molecule has 92 valence electrons. The third-order valence-electron chi connectivity index (χ3n) is 2.38. The van der Waals surface area contributed by atoms with E-state index in [1.54, 1.807) is 39.0 Å². The lowest BCUT2D eigenvalue weighted by atomic mass is 9.97. The van der Waals surface area contributed by atoms with E-state index in [0.717, 1.165) is 5.56 Å². The fraction of sp³-hybridized carbons (Fsp3) is 0.385. The van der Waals surface area contributed by atoms with Crippen molar-refractivity contribution in [3.63, 3.8) is 0 Å². The maximum Gasteiger partial charge on any atom is 0.338 e. The Morgan fingerprint density at radius 1 is 1.41 bits per heavy atom. The molecule has 0 saturated carbocycles. The van der Waals surface area contributed by atoms with Crippen LogP contribution in [-0.2, 0) is 4.74 Å². The summed E-state index contributed by atoms with van der Waals surface area (Å²) >= 11 is 5.79. The van der Waals surface area contributed by atoms with Crippen molar-refractivity contribution in [1.82, 2.24) is 0 Å². The van der Waals surface area contributed by atoms with Gasteiger partial charge in [0.15, 0.2) is 5.78 Å². The Morgan fingerprint density at radius 3 is 2.59 bits per heavy atom.